The zero-order valence-electron chi connectivity index (χ0n) is 11.2. The van der Waals surface area contributed by atoms with Crippen LogP contribution < -0.4 is 14.8 Å². The van der Waals surface area contributed by atoms with Crippen LogP contribution in [0.1, 0.15) is 30.5 Å². The molecule has 18 heavy (non-hydrogen) atoms. The number of ether oxygens (including phenoxy) is 2. The first-order valence-corrected chi connectivity index (χ1v) is 6.32. The first-order chi connectivity index (χ1) is 8.65. The van der Waals surface area contributed by atoms with Crippen LogP contribution in [0.15, 0.2) is 12.1 Å². The molecule has 1 aliphatic rings. The van der Waals surface area contributed by atoms with E-state index < -0.39 is 0 Å². The van der Waals surface area contributed by atoms with Gasteiger partial charge >= 0.3 is 0 Å². The molecule has 0 radical (unpaired) electrons. The highest BCUT2D eigenvalue weighted by atomic mass is 16.5. The number of aliphatic hydroxyl groups is 1. The number of hydrogen-bond donors (Lipinski definition) is 2. The molecular formula is C14H21NO3. The average Bonchev–Trinajstić information content (AvgIpc) is 2.37. The van der Waals surface area contributed by atoms with Gasteiger partial charge in [-0.05, 0) is 49.6 Å². The minimum atomic E-state index is -0.318. The highest BCUT2D eigenvalue weighted by Gasteiger charge is 2.23. The van der Waals surface area contributed by atoms with Crippen LogP contribution in [-0.2, 0) is 6.42 Å². The Bertz CT molecular complexity index is 418. The van der Waals surface area contributed by atoms with Crippen molar-refractivity contribution in [2.45, 2.75) is 31.9 Å². The molecule has 100 valence electrons. The maximum Gasteiger partial charge on any atom is 0.161 e. The summed E-state index contributed by atoms with van der Waals surface area (Å²) >= 11 is 0. The topological polar surface area (TPSA) is 50.7 Å². The maximum atomic E-state index is 9.56. The second-order valence-corrected chi connectivity index (χ2v) is 4.75. The molecule has 0 spiro atoms. The molecule has 0 bridgehead atoms. The van der Waals surface area contributed by atoms with Crippen LogP contribution in [0.3, 0.4) is 0 Å². The third-order valence-corrected chi connectivity index (χ3v) is 3.38. The molecule has 0 aliphatic carbocycles. The Hall–Kier alpha value is -1.26. The quantitative estimate of drug-likeness (QED) is 0.854. The van der Waals surface area contributed by atoms with Gasteiger partial charge in [-0.3, -0.25) is 0 Å². The van der Waals surface area contributed by atoms with Crippen molar-refractivity contribution in [2.24, 2.45) is 0 Å². The zero-order valence-corrected chi connectivity index (χ0v) is 11.2. The van der Waals surface area contributed by atoms with E-state index >= 15 is 0 Å². The average molecular weight is 251 g/mol. The van der Waals surface area contributed by atoms with Crippen molar-refractivity contribution in [3.05, 3.63) is 23.3 Å². The van der Waals surface area contributed by atoms with Gasteiger partial charge in [-0.15, -0.1) is 0 Å². The molecule has 2 N–H and O–H groups in total. The van der Waals surface area contributed by atoms with E-state index in [4.69, 9.17) is 9.47 Å². The van der Waals surface area contributed by atoms with E-state index in [1.54, 1.807) is 14.2 Å². The summed E-state index contributed by atoms with van der Waals surface area (Å²) in [5.41, 5.74) is 2.48. The lowest BCUT2D eigenvalue weighted by atomic mass is 9.90. The fourth-order valence-corrected chi connectivity index (χ4v) is 2.52. The number of nitrogens with one attached hydrogen (secondary N) is 1. The summed E-state index contributed by atoms with van der Waals surface area (Å²) < 4.78 is 10.7. The van der Waals surface area contributed by atoms with Crippen molar-refractivity contribution in [3.63, 3.8) is 0 Å². The van der Waals surface area contributed by atoms with Crippen LogP contribution >= 0.6 is 0 Å². The van der Waals surface area contributed by atoms with Crippen molar-refractivity contribution in [1.29, 1.82) is 0 Å². The van der Waals surface area contributed by atoms with Crippen molar-refractivity contribution in [2.75, 3.05) is 20.8 Å². The Kier molecular flexibility index (Phi) is 4.09. The van der Waals surface area contributed by atoms with E-state index in [0.717, 1.165) is 24.5 Å². The summed E-state index contributed by atoms with van der Waals surface area (Å²) in [6.45, 7) is 2.75. The molecule has 1 aromatic carbocycles. The fourth-order valence-electron chi connectivity index (χ4n) is 2.52. The SMILES string of the molecule is COc1cc2c(cc1OC)[C@H](C[C@@H](C)O)NCC2. The molecule has 0 aromatic heterocycles. The van der Waals surface area contributed by atoms with Gasteiger partial charge in [0.1, 0.15) is 0 Å². The number of hydrogen-bond acceptors (Lipinski definition) is 4. The standard InChI is InChI=1S/C14H21NO3/c1-9(16)6-12-11-8-14(18-3)13(17-2)7-10(11)4-5-15-12/h7-9,12,15-16H,4-6H2,1-3H3/t9-,12+/m1/s1. The summed E-state index contributed by atoms with van der Waals surface area (Å²) in [4.78, 5) is 0. The Morgan fingerprint density at radius 2 is 2.00 bits per heavy atom. The number of fused-ring (bicyclic) bond motifs is 1. The Labute approximate surface area is 108 Å². The van der Waals surface area contributed by atoms with Gasteiger partial charge in [0.15, 0.2) is 11.5 Å². The predicted molar refractivity (Wildman–Crippen MR) is 70.3 cm³/mol. The van der Waals surface area contributed by atoms with Crippen LogP contribution in [0, 0.1) is 0 Å². The summed E-state index contributed by atoms with van der Waals surface area (Å²) in [5.74, 6) is 1.52. The minimum Gasteiger partial charge on any atom is -0.493 e. The number of rotatable bonds is 4. The van der Waals surface area contributed by atoms with Crippen LogP contribution in [0.4, 0.5) is 0 Å². The molecule has 2 rings (SSSR count). The van der Waals surface area contributed by atoms with Crippen molar-refractivity contribution in [1.82, 2.24) is 5.32 Å². The predicted octanol–water partition coefficient (Wildman–Crippen LogP) is 1.66. The van der Waals surface area contributed by atoms with Gasteiger partial charge in [0.2, 0.25) is 0 Å². The molecule has 0 saturated carbocycles. The minimum absolute atomic E-state index is 0.188. The van der Waals surface area contributed by atoms with Gasteiger partial charge in [-0.2, -0.15) is 0 Å². The zero-order chi connectivity index (χ0) is 13.1. The fraction of sp³-hybridized carbons (Fsp3) is 0.571. The molecule has 0 fully saturated rings. The first kappa shape index (κ1) is 13.2. The Balaban J connectivity index is 2.37. The Morgan fingerprint density at radius 3 is 2.61 bits per heavy atom. The molecular weight excluding hydrogens is 230 g/mol. The molecule has 1 heterocycles. The maximum absolute atomic E-state index is 9.56. The summed E-state index contributed by atoms with van der Waals surface area (Å²) in [5, 5.41) is 13.0. The largest absolute Gasteiger partial charge is 0.493 e. The lowest BCUT2D eigenvalue weighted by Crippen LogP contribution is -2.31. The summed E-state index contributed by atoms with van der Waals surface area (Å²) in [6, 6.07) is 4.26. The molecule has 4 nitrogen and oxygen atoms in total. The molecule has 0 unspecified atom stereocenters. The summed E-state index contributed by atoms with van der Waals surface area (Å²) in [7, 11) is 3.29. The van der Waals surface area contributed by atoms with E-state index in [0.29, 0.717) is 6.42 Å². The molecule has 1 aromatic rings. The lowest BCUT2D eigenvalue weighted by Gasteiger charge is -2.29. The van der Waals surface area contributed by atoms with Gasteiger partial charge in [0.25, 0.3) is 0 Å². The third-order valence-electron chi connectivity index (χ3n) is 3.38. The van der Waals surface area contributed by atoms with E-state index in [2.05, 4.69) is 5.32 Å². The van der Waals surface area contributed by atoms with Crippen LogP contribution in [0.25, 0.3) is 0 Å². The van der Waals surface area contributed by atoms with Gasteiger partial charge in [-0.1, -0.05) is 0 Å². The molecule has 0 amide bonds. The molecule has 2 atom stereocenters. The normalized spacial score (nSPS) is 20.1. The number of benzene rings is 1. The second kappa shape index (κ2) is 5.59. The van der Waals surface area contributed by atoms with Crippen molar-refractivity contribution < 1.29 is 14.6 Å². The highest BCUT2D eigenvalue weighted by Crippen LogP contribution is 2.36. The van der Waals surface area contributed by atoms with Crippen LogP contribution in [0.5, 0.6) is 11.5 Å². The highest BCUT2D eigenvalue weighted by molar-refractivity contribution is 5.49. The lowest BCUT2D eigenvalue weighted by molar-refractivity contribution is 0.166. The van der Waals surface area contributed by atoms with Gasteiger partial charge in [-0.25, -0.2) is 0 Å². The molecule has 1 aliphatic heterocycles. The first-order valence-electron chi connectivity index (χ1n) is 6.32. The third kappa shape index (κ3) is 2.60. The van der Waals surface area contributed by atoms with Gasteiger partial charge < -0.3 is 19.9 Å². The van der Waals surface area contributed by atoms with Crippen LogP contribution in [0.2, 0.25) is 0 Å². The van der Waals surface area contributed by atoms with Gasteiger partial charge in [0, 0.05) is 6.04 Å². The number of methoxy groups -OCH3 is 2. The van der Waals surface area contributed by atoms with Crippen molar-refractivity contribution in [3.8, 4) is 11.5 Å². The van der Waals surface area contributed by atoms with E-state index in [9.17, 15) is 5.11 Å². The van der Waals surface area contributed by atoms with Gasteiger partial charge in [0.05, 0.1) is 20.3 Å². The van der Waals surface area contributed by atoms with Crippen LogP contribution in [-0.4, -0.2) is 32.0 Å². The second-order valence-electron chi connectivity index (χ2n) is 4.75. The van der Waals surface area contributed by atoms with Crippen molar-refractivity contribution >= 4 is 0 Å². The Morgan fingerprint density at radius 1 is 1.33 bits per heavy atom. The summed E-state index contributed by atoms with van der Waals surface area (Å²) in [6.07, 6.45) is 1.37. The van der Waals surface area contributed by atoms with E-state index in [-0.39, 0.29) is 12.1 Å². The van der Waals surface area contributed by atoms with E-state index in [1.165, 1.54) is 11.1 Å². The monoisotopic (exact) mass is 251 g/mol. The molecule has 4 heteroatoms. The van der Waals surface area contributed by atoms with E-state index in [1.807, 2.05) is 19.1 Å². The molecule has 0 saturated heterocycles. The smallest absolute Gasteiger partial charge is 0.161 e. The number of aliphatic hydroxyl groups excluding tert-OH is 1.